The number of halogens is 5. The van der Waals surface area contributed by atoms with Crippen molar-refractivity contribution in [2.75, 3.05) is 12.4 Å². The van der Waals surface area contributed by atoms with Gasteiger partial charge in [-0.25, -0.2) is 14.4 Å². The molecule has 2 aliphatic heterocycles. The van der Waals surface area contributed by atoms with E-state index in [2.05, 4.69) is 9.98 Å². The van der Waals surface area contributed by atoms with Crippen molar-refractivity contribution >= 4 is 16.9 Å². The molecule has 4 nitrogen and oxygen atoms in total. The molecule has 29 heavy (non-hydrogen) atoms. The number of aliphatic imine (C=N–C) groups is 1. The molecule has 0 aliphatic carbocycles. The summed E-state index contributed by atoms with van der Waals surface area (Å²) in [5.74, 6) is -1.81. The molecule has 0 unspecified atom stereocenters. The van der Waals surface area contributed by atoms with Gasteiger partial charge in [0, 0.05) is 29.0 Å². The fourth-order valence-electron chi connectivity index (χ4n) is 3.82. The number of thioether (sulfide) groups is 1. The van der Waals surface area contributed by atoms with Crippen LogP contribution in [0.4, 0.5) is 22.0 Å². The summed E-state index contributed by atoms with van der Waals surface area (Å²) in [7, 11) is 0. The van der Waals surface area contributed by atoms with Crippen LogP contribution in [0.2, 0.25) is 0 Å². The van der Waals surface area contributed by atoms with Crippen molar-refractivity contribution in [2.45, 2.75) is 24.2 Å². The van der Waals surface area contributed by atoms with Crippen LogP contribution in [-0.2, 0) is 10.3 Å². The minimum atomic E-state index is -4.53. The minimum absolute atomic E-state index is 0.0344. The maximum Gasteiger partial charge on any atom is 0.414 e. The number of alkyl halides is 3. The van der Waals surface area contributed by atoms with Gasteiger partial charge >= 0.3 is 6.18 Å². The Morgan fingerprint density at radius 2 is 2.00 bits per heavy atom. The SMILES string of the molecule is NC1=N[C@@]2(c3cc(-c4cccnc4F)ccc3F)CO[C@@H](C(F)(F)F)C[C@H]2CS1. The number of benzene rings is 1. The Hall–Kier alpha value is -2.20. The summed E-state index contributed by atoms with van der Waals surface area (Å²) in [5.41, 5.74) is 4.96. The van der Waals surface area contributed by atoms with Gasteiger partial charge in [0.15, 0.2) is 11.3 Å². The predicted octanol–water partition coefficient (Wildman–Crippen LogP) is 4.25. The Morgan fingerprint density at radius 3 is 2.72 bits per heavy atom. The molecule has 1 aromatic carbocycles. The second-order valence-corrected chi connectivity index (χ2v) is 8.04. The topological polar surface area (TPSA) is 60.5 Å². The minimum Gasteiger partial charge on any atom is -0.379 e. The van der Waals surface area contributed by atoms with Gasteiger partial charge in [0.05, 0.1) is 6.61 Å². The standard InChI is InChI=1S/C19H16F5N3OS/c20-14-4-3-10(12-2-1-5-26-16(12)21)6-13(14)18-9-28-15(19(22,23)24)7-11(18)8-29-17(25)27-18/h1-6,11,15H,7-9H2,(H2,25,27)/t11-,15+,18-/m0/s1. The quantitative estimate of drug-likeness (QED) is 0.573. The average Bonchev–Trinajstić information content (AvgIpc) is 2.67. The number of hydrogen-bond acceptors (Lipinski definition) is 5. The third kappa shape index (κ3) is 3.59. The highest BCUT2D eigenvalue weighted by Gasteiger charge is 2.55. The average molecular weight is 429 g/mol. The van der Waals surface area contributed by atoms with Crippen LogP contribution in [0.25, 0.3) is 11.1 Å². The van der Waals surface area contributed by atoms with E-state index >= 15 is 0 Å². The van der Waals surface area contributed by atoms with Crippen LogP contribution in [-0.4, -0.2) is 34.8 Å². The monoisotopic (exact) mass is 429 g/mol. The Labute approximate surface area is 167 Å². The summed E-state index contributed by atoms with van der Waals surface area (Å²) in [6.07, 6.45) is -5.55. The molecule has 4 rings (SSSR count). The molecule has 1 saturated heterocycles. The first-order valence-corrected chi connectivity index (χ1v) is 9.76. The zero-order valence-corrected chi connectivity index (χ0v) is 15.7. The summed E-state index contributed by atoms with van der Waals surface area (Å²) >= 11 is 1.13. The van der Waals surface area contributed by atoms with Gasteiger partial charge in [-0.05, 0) is 36.2 Å². The van der Waals surface area contributed by atoms with Gasteiger partial charge in [-0.2, -0.15) is 17.6 Å². The highest BCUT2D eigenvalue weighted by molar-refractivity contribution is 8.13. The first-order chi connectivity index (χ1) is 13.7. The lowest BCUT2D eigenvalue weighted by Crippen LogP contribution is -2.53. The second kappa shape index (κ2) is 7.24. The number of ether oxygens (including phenoxy) is 1. The Bertz CT molecular complexity index is 967. The Balaban J connectivity index is 1.82. The molecule has 154 valence electrons. The van der Waals surface area contributed by atoms with E-state index in [0.717, 1.165) is 17.8 Å². The van der Waals surface area contributed by atoms with E-state index in [9.17, 15) is 22.0 Å². The summed E-state index contributed by atoms with van der Waals surface area (Å²) < 4.78 is 73.7. The molecule has 1 aromatic heterocycles. The second-order valence-electron chi connectivity index (χ2n) is 7.00. The molecule has 0 bridgehead atoms. The van der Waals surface area contributed by atoms with E-state index in [-0.39, 0.29) is 28.5 Å². The summed E-state index contributed by atoms with van der Waals surface area (Å²) in [6, 6.07) is 6.95. The summed E-state index contributed by atoms with van der Waals surface area (Å²) in [5, 5.41) is 0.146. The van der Waals surface area contributed by atoms with Crippen molar-refractivity contribution in [1.29, 1.82) is 0 Å². The lowest BCUT2D eigenvalue weighted by Gasteiger charge is -2.46. The van der Waals surface area contributed by atoms with Crippen molar-refractivity contribution in [1.82, 2.24) is 4.98 Å². The van der Waals surface area contributed by atoms with Crippen molar-refractivity contribution in [3.8, 4) is 11.1 Å². The number of hydrogen-bond donors (Lipinski definition) is 1. The number of aromatic nitrogens is 1. The van der Waals surface area contributed by atoms with E-state index in [1.165, 1.54) is 30.5 Å². The maximum atomic E-state index is 14.9. The lowest BCUT2D eigenvalue weighted by molar-refractivity contribution is -0.245. The molecule has 2 aliphatic rings. The zero-order valence-electron chi connectivity index (χ0n) is 14.9. The van der Waals surface area contributed by atoms with Gasteiger partial charge in [-0.1, -0.05) is 17.8 Å². The molecular formula is C19H16F5N3OS. The van der Waals surface area contributed by atoms with Crippen LogP contribution in [0.1, 0.15) is 12.0 Å². The highest BCUT2D eigenvalue weighted by Crippen LogP contribution is 2.49. The van der Waals surface area contributed by atoms with Gasteiger partial charge in [0.1, 0.15) is 11.4 Å². The fourth-order valence-corrected chi connectivity index (χ4v) is 4.83. The van der Waals surface area contributed by atoms with Crippen molar-refractivity contribution in [3.05, 3.63) is 53.9 Å². The largest absolute Gasteiger partial charge is 0.414 e. The Morgan fingerprint density at radius 1 is 1.21 bits per heavy atom. The normalized spacial score (nSPS) is 27.3. The number of nitrogens with two attached hydrogens (primary N) is 1. The molecule has 0 spiro atoms. The number of amidine groups is 1. The van der Waals surface area contributed by atoms with E-state index in [4.69, 9.17) is 10.5 Å². The van der Waals surface area contributed by atoms with Crippen LogP contribution < -0.4 is 5.73 Å². The molecule has 1 fully saturated rings. The molecule has 0 radical (unpaired) electrons. The predicted molar refractivity (Wildman–Crippen MR) is 99.2 cm³/mol. The van der Waals surface area contributed by atoms with Crippen LogP contribution in [0, 0.1) is 17.7 Å². The summed E-state index contributed by atoms with van der Waals surface area (Å²) in [6.45, 7) is -0.473. The van der Waals surface area contributed by atoms with Crippen LogP contribution >= 0.6 is 11.8 Å². The van der Waals surface area contributed by atoms with Crippen LogP contribution in [0.5, 0.6) is 0 Å². The van der Waals surface area contributed by atoms with Gasteiger partial charge in [0.2, 0.25) is 5.95 Å². The van der Waals surface area contributed by atoms with E-state index in [1.807, 2.05) is 0 Å². The van der Waals surface area contributed by atoms with Crippen molar-refractivity contribution in [2.24, 2.45) is 16.6 Å². The van der Waals surface area contributed by atoms with E-state index < -0.39 is 42.1 Å². The number of rotatable bonds is 2. The van der Waals surface area contributed by atoms with Gasteiger partial charge in [-0.3, -0.25) is 0 Å². The molecule has 0 saturated carbocycles. The molecule has 10 heteroatoms. The third-order valence-electron chi connectivity index (χ3n) is 5.29. The van der Waals surface area contributed by atoms with E-state index in [1.54, 1.807) is 0 Å². The smallest absolute Gasteiger partial charge is 0.379 e. The molecule has 3 heterocycles. The maximum absolute atomic E-state index is 14.9. The highest BCUT2D eigenvalue weighted by atomic mass is 32.2. The van der Waals surface area contributed by atoms with Gasteiger partial charge in [0.25, 0.3) is 0 Å². The molecule has 0 amide bonds. The molecule has 2 N–H and O–H groups in total. The molecular weight excluding hydrogens is 413 g/mol. The molecule has 2 aromatic rings. The number of nitrogens with zero attached hydrogens (tertiary/aromatic N) is 2. The van der Waals surface area contributed by atoms with Crippen molar-refractivity contribution < 1.29 is 26.7 Å². The first-order valence-electron chi connectivity index (χ1n) is 8.78. The number of fused-ring (bicyclic) bond motifs is 1. The Kier molecular flexibility index (Phi) is 5.02. The first kappa shape index (κ1) is 20.1. The molecule has 3 atom stereocenters. The van der Waals surface area contributed by atoms with Gasteiger partial charge < -0.3 is 10.5 Å². The summed E-state index contributed by atoms with van der Waals surface area (Å²) in [4.78, 5) is 7.94. The van der Waals surface area contributed by atoms with Crippen LogP contribution in [0.3, 0.4) is 0 Å². The van der Waals surface area contributed by atoms with Crippen LogP contribution in [0.15, 0.2) is 41.5 Å². The fraction of sp³-hybridized carbons (Fsp3) is 0.368. The van der Waals surface area contributed by atoms with Gasteiger partial charge in [-0.15, -0.1) is 0 Å². The van der Waals surface area contributed by atoms with Crippen molar-refractivity contribution in [3.63, 3.8) is 0 Å². The lowest BCUT2D eigenvalue weighted by atomic mass is 9.74. The third-order valence-corrected chi connectivity index (χ3v) is 6.24. The number of pyridine rings is 1. The zero-order chi connectivity index (χ0) is 20.8. The van der Waals surface area contributed by atoms with E-state index in [0.29, 0.717) is 5.56 Å².